The van der Waals surface area contributed by atoms with Gasteiger partial charge in [-0.25, -0.2) is 0 Å². The van der Waals surface area contributed by atoms with Gasteiger partial charge >= 0.3 is 0 Å². The van der Waals surface area contributed by atoms with Gasteiger partial charge in [0.15, 0.2) is 0 Å². The van der Waals surface area contributed by atoms with E-state index in [-0.39, 0.29) is 12.3 Å². The minimum Gasteiger partial charge on any atom is -0.324 e. The standard InChI is InChI=1S/C16H13ClN2O/c1-10-2-4-11(5-3-10)14-9-16(20)19-13-7-6-12(17)8-15(13)18-14/h2-8H,9H2,1H3,(H,19,20). The van der Waals surface area contributed by atoms with Crippen LogP contribution >= 0.6 is 11.6 Å². The Morgan fingerprint density at radius 1 is 1.15 bits per heavy atom. The molecule has 0 spiro atoms. The molecular formula is C16H13ClN2O. The smallest absolute Gasteiger partial charge is 0.230 e. The van der Waals surface area contributed by atoms with Gasteiger partial charge in [-0.3, -0.25) is 9.79 Å². The van der Waals surface area contributed by atoms with Crippen LogP contribution in [-0.2, 0) is 4.79 Å². The molecular weight excluding hydrogens is 272 g/mol. The van der Waals surface area contributed by atoms with Crippen LogP contribution in [0.5, 0.6) is 0 Å². The van der Waals surface area contributed by atoms with E-state index >= 15 is 0 Å². The Bertz CT molecular complexity index is 705. The maximum Gasteiger partial charge on any atom is 0.230 e. The number of nitrogens with zero attached hydrogens (tertiary/aromatic N) is 1. The lowest BCUT2D eigenvalue weighted by Gasteiger charge is -2.04. The molecule has 3 nitrogen and oxygen atoms in total. The van der Waals surface area contributed by atoms with E-state index in [0.717, 1.165) is 11.3 Å². The fourth-order valence-corrected chi connectivity index (χ4v) is 2.31. The lowest BCUT2D eigenvalue weighted by molar-refractivity contribution is -0.115. The van der Waals surface area contributed by atoms with Crippen LogP contribution < -0.4 is 5.32 Å². The van der Waals surface area contributed by atoms with Crippen molar-refractivity contribution in [2.75, 3.05) is 5.32 Å². The number of aliphatic imine (C=N–C) groups is 1. The molecule has 2 aromatic rings. The number of aryl methyl sites for hydroxylation is 1. The van der Waals surface area contributed by atoms with Crippen LogP contribution in [0, 0.1) is 6.92 Å². The van der Waals surface area contributed by atoms with Crippen LogP contribution in [0.1, 0.15) is 17.5 Å². The Hall–Kier alpha value is -2.13. The molecule has 0 unspecified atom stereocenters. The van der Waals surface area contributed by atoms with Gasteiger partial charge in [0, 0.05) is 5.02 Å². The van der Waals surface area contributed by atoms with Crippen molar-refractivity contribution >= 4 is 34.6 Å². The zero-order valence-corrected chi connectivity index (χ0v) is 11.7. The third-order valence-electron chi connectivity index (χ3n) is 3.20. The average Bonchev–Trinajstić information content (AvgIpc) is 2.57. The summed E-state index contributed by atoms with van der Waals surface area (Å²) in [7, 11) is 0. The van der Waals surface area contributed by atoms with Gasteiger partial charge in [-0.15, -0.1) is 0 Å². The maximum absolute atomic E-state index is 12.0. The third kappa shape index (κ3) is 2.58. The minimum atomic E-state index is -0.0644. The van der Waals surface area contributed by atoms with E-state index in [2.05, 4.69) is 10.3 Å². The number of halogens is 1. The van der Waals surface area contributed by atoms with Gasteiger partial charge in [-0.05, 0) is 30.7 Å². The van der Waals surface area contributed by atoms with E-state index in [4.69, 9.17) is 11.6 Å². The molecule has 3 rings (SSSR count). The van der Waals surface area contributed by atoms with Crippen LogP contribution in [0.25, 0.3) is 0 Å². The van der Waals surface area contributed by atoms with Crippen molar-refractivity contribution in [1.82, 2.24) is 0 Å². The number of hydrogen-bond donors (Lipinski definition) is 1. The molecule has 0 saturated heterocycles. The molecule has 1 aliphatic heterocycles. The van der Waals surface area contributed by atoms with Crippen molar-refractivity contribution in [3.63, 3.8) is 0 Å². The Labute approximate surface area is 122 Å². The van der Waals surface area contributed by atoms with Gasteiger partial charge in [0.05, 0.1) is 23.5 Å². The van der Waals surface area contributed by atoms with Crippen molar-refractivity contribution in [3.05, 3.63) is 58.6 Å². The number of carbonyl (C=O) groups is 1. The normalized spacial score (nSPS) is 14.1. The monoisotopic (exact) mass is 284 g/mol. The summed E-state index contributed by atoms with van der Waals surface area (Å²) in [4.78, 5) is 16.6. The van der Waals surface area contributed by atoms with Crippen molar-refractivity contribution in [2.45, 2.75) is 13.3 Å². The molecule has 2 aromatic carbocycles. The molecule has 1 amide bonds. The quantitative estimate of drug-likeness (QED) is 0.841. The number of carbonyl (C=O) groups excluding carboxylic acids is 1. The molecule has 1 N–H and O–H groups in total. The maximum atomic E-state index is 12.0. The van der Waals surface area contributed by atoms with Gasteiger partial charge in [-0.2, -0.15) is 0 Å². The Kier molecular flexibility index (Phi) is 3.28. The van der Waals surface area contributed by atoms with E-state index in [9.17, 15) is 4.79 Å². The summed E-state index contributed by atoms with van der Waals surface area (Å²) in [5.74, 6) is -0.0644. The molecule has 0 aromatic heterocycles. The highest BCUT2D eigenvalue weighted by atomic mass is 35.5. The second-order valence-electron chi connectivity index (χ2n) is 4.81. The van der Waals surface area contributed by atoms with Crippen molar-refractivity contribution in [3.8, 4) is 0 Å². The number of rotatable bonds is 1. The average molecular weight is 285 g/mol. The number of amides is 1. The van der Waals surface area contributed by atoms with Crippen molar-refractivity contribution in [1.29, 1.82) is 0 Å². The second-order valence-corrected chi connectivity index (χ2v) is 5.25. The molecule has 1 aliphatic rings. The molecule has 20 heavy (non-hydrogen) atoms. The number of nitrogens with one attached hydrogen (secondary N) is 1. The highest BCUT2D eigenvalue weighted by Gasteiger charge is 2.17. The van der Waals surface area contributed by atoms with E-state index in [0.29, 0.717) is 16.4 Å². The molecule has 1 heterocycles. The lowest BCUT2D eigenvalue weighted by atomic mass is 10.1. The Balaban J connectivity index is 2.10. The first-order chi connectivity index (χ1) is 9.61. The van der Waals surface area contributed by atoms with Crippen LogP contribution in [0.3, 0.4) is 0 Å². The summed E-state index contributed by atoms with van der Waals surface area (Å²) >= 11 is 6.00. The lowest BCUT2D eigenvalue weighted by Crippen LogP contribution is -2.14. The second kappa shape index (κ2) is 5.10. The Morgan fingerprint density at radius 3 is 2.65 bits per heavy atom. The van der Waals surface area contributed by atoms with Crippen molar-refractivity contribution in [2.24, 2.45) is 4.99 Å². The van der Waals surface area contributed by atoms with Crippen LogP contribution in [-0.4, -0.2) is 11.6 Å². The first-order valence-corrected chi connectivity index (χ1v) is 6.73. The third-order valence-corrected chi connectivity index (χ3v) is 3.44. The summed E-state index contributed by atoms with van der Waals surface area (Å²) in [6.45, 7) is 2.03. The molecule has 0 saturated carbocycles. The van der Waals surface area contributed by atoms with Gasteiger partial charge in [-0.1, -0.05) is 41.4 Å². The molecule has 0 fully saturated rings. The topological polar surface area (TPSA) is 41.5 Å². The van der Waals surface area contributed by atoms with E-state index < -0.39 is 0 Å². The molecule has 0 radical (unpaired) electrons. The first kappa shape index (κ1) is 12.9. The summed E-state index contributed by atoms with van der Waals surface area (Å²) in [6, 6.07) is 13.3. The van der Waals surface area contributed by atoms with E-state index in [1.54, 1.807) is 18.2 Å². The SMILES string of the molecule is Cc1ccc(C2=Nc3cc(Cl)ccc3NC(=O)C2)cc1. The van der Waals surface area contributed by atoms with Crippen LogP contribution in [0.4, 0.5) is 11.4 Å². The van der Waals surface area contributed by atoms with Gasteiger partial charge in [0.25, 0.3) is 0 Å². The summed E-state index contributed by atoms with van der Waals surface area (Å²) < 4.78 is 0. The molecule has 0 aliphatic carbocycles. The molecule has 100 valence electrons. The van der Waals surface area contributed by atoms with E-state index in [1.165, 1.54) is 5.56 Å². The number of benzene rings is 2. The summed E-state index contributed by atoms with van der Waals surface area (Å²) in [5, 5.41) is 3.45. The largest absolute Gasteiger partial charge is 0.324 e. The van der Waals surface area contributed by atoms with Crippen molar-refractivity contribution < 1.29 is 4.79 Å². The van der Waals surface area contributed by atoms with Gasteiger partial charge in [0.2, 0.25) is 5.91 Å². The van der Waals surface area contributed by atoms with Crippen LogP contribution in [0.2, 0.25) is 5.02 Å². The minimum absolute atomic E-state index is 0.0644. The predicted octanol–water partition coefficient (Wildman–Crippen LogP) is 4.11. The zero-order chi connectivity index (χ0) is 14.1. The first-order valence-electron chi connectivity index (χ1n) is 6.36. The highest BCUT2D eigenvalue weighted by molar-refractivity contribution is 6.31. The number of hydrogen-bond acceptors (Lipinski definition) is 2. The molecule has 4 heteroatoms. The Morgan fingerprint density at radius 2 is 1.90 bits per heavy atom. The summed E-state index contributed by atoms with van der Waals surface area (Å²) in [6.07, 6.45) is 0.259. The van der Waals surface area contributed by atoms with Crippen LogP contribution in [0.15, 0.2) is 47.5 Å². The fraction of sp³-hybridized carbons (Fsp3) is 0.125. The summed E-state index contributed by atoms with van der Waals surface area (Å²) in [5.41, 5.74) is 4.28. The predicted molar refractivity (Wildman–Crippen MR) is 82.1 cm³/mol. The fourth-order valence-electron chi connectivity index (χ4n) is 2.15. The van der Waals surface area contributed by atoms with Gasteiger partial charge < -0.3 is 5.32 Å². The molecule has 0 bridgehead atoms. The number of anilines is 1. The van der Waals surface area contributed by atoms with Gasteiger partial charge in [0.1, 0.15) is 0 Å². The van der Waals surface area contributed by atoms with E-state index in [1.807, 2.05) is 31.2 Å². The zero-order valence-electron chi connectivity index (χ0n) is 11.0. The molecule has 0 atom stereocenters. The highest BCUT2D eigenvalue weighted by Crippen LogP contribution is 2.31. The number of fused-ring (bicyclic) bond motifs is 1.